The molecule has 1 atom stereocenters. The predicted octanol–water partition coefficient (Wildman–Crippen LogP) is 4.12. The second-order valence-electron chi connectivity index (χ2n) is 8.56. The van der Waals surface area contributed by atoms with Crippen LogP contribution in [-0.2, 0) is 13.0 Å². The Morgan fingerprint density at radius 1 is 1.12 bits per heavy atom. The third-order valence-electron chi connectivity index (χ3n) is 4.89. The van der Waals surface area contributed by atoms with E-state index in [4.69, 9.17) is 4.74 Å². The van der Waals surface area contributed by atoms with Crippen LogP contribution in [-0.4, -0.2) is 55.5 Å². The van der Waals surface area contributed by atoms with Crippen LogP contribution in [0.3, 0.4) is 0 Å². The number of carbonyl (C=O) groups is 1. The number of benzene rings is 1. The lowest BCUT2D eigenvalue weighted by Crippen LogP contribution is -2.37. The fourth-order valence-electron chi connectivity index (χ4n) is 3.39. The largest absolute Gasteiger partial charge is 0.475 e. The Balaban J connectivity index is 0.00000544. The van der Waals surface area contributed by atoms with Crippen LogP contribution in [0.1, 0.15) is 48.7 Å². The van der Waals surface area contributed by atoms with E-state index >= 15 is 0 Å². The van der Waals surface area contributed by atoms with Crippen LogP contribution in [0.15, 0.2) is 47.6 Å². The number of rotatable bonds is 10. The zero-order chi connectivity index (χ0) is 23.5. The van der Waals surface area contributed by atoms with E-state index in [9.17, 15) is 4.79 Å². The summed E-state index contributed by atoms with van der Waals surface area (Å²) >= 11 is 0. The minimum atomic E-state index is 0. The lowest BCUT2D eigenvalue weighted by Gasteiger charge is -2.16. The molecule has 7 nitrogen and oxygen atoms in total. The average Bonchev–Trinajstić information content (AvgIpc) is 2.75. The van der Waals surface area contributed by atoms with Gasteiger partial charge >= 0.3 is 0 Å². The van der Waals surface area contributed by atoms with E-state index in [0.717, 1.165) is 29.9 Å². The molecule has 0 saturated carbocycles. The topological polar surface area (TPSA) is 78.9 Å². The van der Waals surface area contributed by atoms with Crippen molar-refractivity contribution in [2.24, 2.45) is 10.9 Å². The quantitative estimate of drug-likeness (QED) is 0.257. The van der Waals surface area contributed by atoms with Crippen molar-refractivity contribution < 1.29 is 9.53 Å². The van der Waals surface area contributed by atoms with Crippen molar-refractivity contribution in [3.05, 3.63) is 59.3 Å². The SMILES string of the molecule is CN=C(NCCc1cccc(C(=O)N(C)C)c1)NCc1ccnc(OC(C)CC(C)C)c1.I. The Morgan fingerprint density at radius 2 is 1.88 bits per heavy atom. The third kappa shape index (κ3) is 10.4. The fourth-order valence-corrected chi connectivity index (χ4v) is 3.39. The van der Waals surface area contributed by atoms with Crippen molar-refractivity contribution in [2.45, 2.75) is 46.3 Å². The van der Waals surface area contributed by atoms with Gasteiger partial charge < -0.3 is 20.3 Å². The highest BCUT2D eigenvalue weighted by molar-refractivity contribution is 14.0. The Hall–Kier alpha value is -2.36. The van der Waals surface area contributed by atoms with Crippen molar-refractivity contribution in [3.63, 3.8) is 0 Å². The van der Waals surface area contributed by atoms with E-state index in [1.54, 1.807) is 32.2 Å². The highest BCUT2D eigenvalue weighted by Gasteiger charge is 2.09. The first-order valence-corrected chi connectivity index (χ1v) is 11.1. The van der Waals surface area contributed by atoms with Crippen LogP contribution in [0.5, 0.6) is 5.88 Å². The molecule has 0 aliphatic heterocycles. The summed E-state index contributed by atoms with van der Waals surface area (Å²) in [7, 11) is 5.27. The molecule has 0 aliphatic carbocycles. The lowest BCUT2D eigenvalue weighted by atomic mass is 10.1. The summed E-state index contributed by atoms with van der Waals surface area (Å²) in [5.74, 6) is 1.96. The maximum Gasteiger partial charge on any atom is 0.253 e. The molecule has 2 rings (SSSR count). The molecule has 0 fully saturated rings. The molecule has 2 N–H and O–H groups in total. The number of pyridine rings is 1. The van der Waals surface area contributed by atoms with Crippen molar-refractivity contribution in [1.82, 2.24) is 20.5 Å². The summed E-state index contributed by atoms with van der Waals surface area (Å²) < 4.78 is 5.94. The van der Waals surface area contributed by atoms with E-state index in [-0.39, 0.29) is 36.0 Å². The molecule has 2 aromatic rings. The van der Waals surface area contributed by atoms with E-state index < -0.39 is 0 Å². The van der Waals surface area contributed by atoms with Crippen LogP contribution in [0.4, 0.5) is 0 Å². The van der Waals surface area contributed by atoms with Crippen LogP contribution in [0, 0.1) is 5.92 Å². The zero-order valence-corrected chi connectivity index (χ0v) is 22.9. The molecule has 1 aromatic carbocycles. The maximum atomic E-state index is 12.1. The number of nitrogens with one attached hydrogen (secondary N) is 2. The summed E-state index contributed by atoms with van der Waals surface area (Å²) in [6, 6.07) is 11.7. The normalized spacial score (nSPS) is 12.0. The molecule has 0 saturated heterocycles. The second kappa shape index (κ2) is 14.7. The number of halogens is 1. The van der Waals surface area contributed by atoms with Gasteiger partial charge in [-0.1, -0.05) is 26.0 Å². The van der Waals surface area contributed by atoms with Crippen LogP contribution >= 0.6 is 24.0 Å². The van der Waals surface area contributed by atoms with Gasteiger partial charge in [-0.2, -0.15) is 0 Å². The highest BCUT2D eigenvalue weighted by Crippen LogP contribution is 2.15. The van der Waals surface area contributed by atoms with E-state index in [0.29, 0.717) is 30.5 Å². The number of amides is 1. The van der Waals surface area contributed by atoms with E-state index in [2.05, 4.69) is 41.4 Å². The lowest BCUT2D eigenvalue weighted by molar-refractivity contribution is 0.0827. The number of carbonyl (C=O) groups excluding carboxylic acids is 1. The third-order valence-corrected chi connectivity index (χ3v) is 4.89. The number of hydrogen-bond acceptors (Lipinski definition) is 4. The number of aliphatic imine (C=N–C) groups is 1. The van der Waals surface area contributed by atoms with Gasteiger partial charge in [0.25, 0.3) is 5.91 Å². The molecule has 182 valence electrons. The molecule has 33 heavy (non-hydrogen) atoms. The van der Waals surface area contributed by atoms with Gasteiger partial charge in [-0.25, -0.2) is 4.98 Å². The van der Waals surface area contributed by atoms with Crippen LogP contribution in [0.2, 0.25) is 0 Å². The number of aromatic nitrogens is 1. The molecular weight excluding hydrogens is 529 g/mol. The zero-order valence-electron chi connectivity index (χ0n) is 20.6. The number of nitrogens with zero attached hydrogens (tertiary/aromatic N) is 3. The predicted molar refractivity (Wildman–Crippen MR) is 146 cm³/mol. The van der Waals surface area contributed by atoms with Gasteiger partial charge in [0.1, 0.15) is 0 Å². The van der Waals surface area contributed by atoms with Crippen molar-refractivity contribution >= 4 is 35.8 Å². The van der Waals surface area contributed by atoms with Crippen molar-refractivity contribution in [3.8, 4) is 5.88 Å². The first-order chi connectivity index (χ1) is 15.3. The molecule has 0 spiro atoms. The van der Waals surface area contributed by atoms with Gasteiger partial charge in [0.05, 0.1) is 6.10 Å². The Labute approximate surface area is 215 Å². The molecule has 1 amide bonds. The monoisotopic (exact) mass is 567 g/mol. The smallest absolute Gasteiger partial charge is 0.253 e. The van der Waals surface area contributed by atoms with Gasteiger partial charge in [0.2, 0.25) is 5.88 Å². The average molecular weight is 568 g/mol. The molecule has 0 aliphatic rings. The number of ether oxygens (including phenoxy) is 1. The Bertz CT molecular complexity index is 902. The molecule has 0 radical (unpaired) electrons. The molecule has 1 unspecified atom stereocenters. The first-order valence-electron chi connectivity index (χ1n) is 11.1. The summed E-state index contributed by atoms with van der Waals surface area (Å²) in [4.78, 5) is 22.3. The van der Waals surface area contributed by atoms with Gasteiger partial charge in [0, 0.05) is 52.1 Å². The Morgan fingerprint density at radius 3 is 2.55 bits per heavy atom. The summed E-state index contributed by atoms with van der Waals surface area (Å²) in [6.07, 6.45) is 3.68. The summed E-state index contributed by atoms with van der Waals surface area (Å²) in [6.45, 7) is 7.77. The molecule has 1 aromatic heterocycles. The minimum Gasteiger partial charge on any atom is -0.475 e. The second-order valence-corrected chi connectivity index (χ2v) is 8.56. The first kappa shape index (κ1) is 28.7. The molecular formula is C25H38IN5O2. The van der Waals surface area contributed by atoms with E-state index in [1.165, 1.54) is 0 Å². The van der Waals surface area contributed by atoms with Gasteiger partial charge in [-0.15, -0.1) is 24.0 Å². The molecule has 1 heterocycles. The number of guanidine groups is 1. The molecule has 8 heteroatoms. The number of hydrogen-bond donors (Lipinski definition) is 2. The summed E-state index contributed by atoms with van der Waals surface area (Å²) in [5, 5.41) is 6.65. The Kier molecular flexibility index (Phi) is 12.8. The van der Waals surface area contributed by atoms with Crippen LogP contribution in [0.25, 0.3) is 0 Å². The van der Waals surface area contributed by atoms with Crippen LogP contribution < -0.4 is 15.4 Å². The fraction of sp³-hybridized carbons (Fsp3) is 0.480. The van der Waals surface area contributed by atoms with Crippen molar-refractivity contribution in [2.75, 3.05) is 27.7 Å². The minimum absolute atomic E-state index is 0. The van der Waals surface area contributed by atoms with Crippen molar-refractivity contribution in [1.29, 1.82) is 0 Å². The maximum absolute atomic E-state index is 12.1. The molecule has 0 bridgehead atoms. The van der Waals surface area contributed by atoms with E-state index in [1.807, 2.05) is 36.4 Å². The van der Waals surface area contributed by atoms with Gasteiger partial charge in [0.15, 0.2) is 5.96 Å². The summed E-state index contributed by atoms with van der Waals surface area (Å²) in [5.41, 5.74) is 2.88. The van der Waals surface area contributed by atoms with Gasteiger partial charge in [-0.3, -0.25) is 9.79 Å². The highest BCUT2D eigenvalue weighted by atomic mass is 127. The van der Waals surface area contributed by atoms with Gasteiger partial charge in [-0.05, 0) is 55.0 Å². The standard InChI is InChI=1S/C25H37N5O2.HI/c1-18(2)14-19(3)32-23-16-21(11-12-27-23)17-29-25(26-4)28-13-10-20-8-7-9-22(15-20)24(31)30(5)6;/h7-9,11-12,15-16,18-19H,10,13-14,17H2,1-6H3,(H2,26,28,29);1H.